The Hall–Kier alpha value is -0.120. The van der Waals surface area contributed by atoms with Gasteiger partial charge in [-0.25, -0.2) is 0 Å². The molecule has 1 N–H and O–H groups in total. The largest absolute Gasteiger partial charge is 0.315 e. The van der Waals surface area contributed by atoms with Crippen molar-refractivity contribution in [1.29, 1.82) is 0 Å². The molecule has 0 saturated carbocycles. The zero-order chi connectivity index (χ0) is 10.1. The van der Waals surface area contributed by atoms with Gasteiger partial charge in [0.05, 0.1) is 0 Å². The van der Waals surface area contributed by atoms with Crippen molar-refractivity contribution in [3.63, 3.8) is 0 Å². The molecule has 3 heteroatoms. The van der Waals surface area contributed by atoms with Crippen LogP contribution in [0.25, 0.3) is 0 Å². The summed E-state index contributed by atoms with van der Waals surface area (Å²) in [4.78, 5) is 5.45. The summed E-state index contributed by atoms with van der Waals surface area (Å²) < 4.78 is 0. The van der Waals surface area contributed by atoms with E-state index in [1.807, 2.05) is 0 Å². The van der Waals surface area contributed by atoms with Crippen molar-refractivity contribution in [2.45, 2.75) is 37.8 Å². The van der Waals surface area contributed by atoms with Gasteiger partial charge in [0.25, 0.3) is 0 Å². The maximum Gasteiger partial charge on any atom is 0.0235 e. The highest BCUT2D eigenvalue weighted by Gasteiger charge is 2.33. The molecule has 0 bridgehead atoms. The number of nitrogens with one attached hydrogen (secondary N) is 1. The molecule has 15 heavy (non-hydrogen) atoms. The van der Waals surface area contributed by atoms with Gasteiger partial charge in [0.1, 0.15) is 0 Å². The van der Waals surface area contributed by atoms with Gasteiger partial charge in [0, 0.05) is 31.7 Å². The van der Waals surface area contributed by atoms with Crippen molar-refractivity contribution in [1.82, 2.24) is 15.1 Å². The first-order valence-electron chi connectivity index (χ1n) is 6.62. The SMILES string of the molecule is C1CCN(C2CCN(C3CCNC3)C2)C1. The summed E-state index contributed by atoms with van der Waals surface area (Å²) in [7, 11) is 0. The lowest BCUT2D eigenvalue weighted by Gasteiger charge is -2.26. The Morgan fingerprint density at radius 1 is 0.867 bits per heavy atom. The van der Waals surface area contributed by atoms with E-state index >= 15 is 0 Å². The van der Waals surface area contributed by atoms with Gasteiger partial charge < -0.3 is 5.32 Å². The third-order valence-corrected chi connectivity index (χ3v) is 4.40. The second kappa shape index (κ2) is 4.40. The third-order valence-electron chi connectivity index (χ3n) is 4.40. The van der Waals surface area contributed by atoms with Crippen LogP contribution in [0.3, 0.4) is 0 Å². The number of hydrogen-bond acceptors (Lipinski definition) is 3. The number of nitrogens with zero attached hydrogens (tertiary/aromatic N) is 2. The van der Waals surface area contributed by atoms with E-state index in [2.05, 4.69) is 15.1 Å². The Bertz CT molecular complexity index is 185. The smallest absolute Gasteiger partial charge is 0.0235 e. The summed E-state index contributed by atoms with van der Waals surface area (Å²) in [5, 5.41) is 3.48. The Labute approximate surface area is 92.8 Å². The third kappa shape index (κ3) is 2.05. The molecule has 0 aliphatic carbocycles. The van der Waals surface area contributed by atoms with Crippen LogP contribution in [0.1, 0.15) is 25.7 Å². The fraction of sp³-hybridized carbons (Fsp3) is 1.00. The maximum absolute atomic E-state index is 3.48. The van der Waals surface area contributed by atoms with Gasteiger partial charge >= 0.3 is 0 Å². The Kier molecular flexibility index (Phi) is 2.95. The topological polar surface area (TPSA) is 18.5 Å². The van der Waals surface area contributed by atoms with Crippen LogP contribution in [0.4, 0.5) is 0 Å². The lowest BCUT2D eigenvalue weighted by molar-refractivity contribution is 0.207. The van der Waals surface area contributed by atoms with E-state index in [9.17, 15) is 0 Å². The average Bonchev–Trinajstić information content (AvgIpc) is 3.02. The quantitative estimate of drug-likeness (QED) is 0.715. The van der Waals surface area contributed by atoms with Crippen LogP contribution in [0.15, 0.2) is 0 Å². The van der Waals surface area contributed by atoms with Crippen molar-refractivity contribution in [2.24, 2.45) is 0 Å². The average molecular weight is 209 g/mol. The number of hydrogen-bond donors (Lipinski definition) is 1. The molecule has 3 aliphatic rings. The van der Waals surface area contributed by atoms with Gasteiger partial charge in [0.2, 0.25) is 0 Å². The molecule has 3 nitrogen and oxygen atoms in total. The minimum absolute atomic E-state index is 0.845. The van der Waals surface area contributed by atoms with Gasteiger partial charge in [-0.15, -0.1) is 0 Å². The first kappa shape index (κ1) is 10.1. The van der Waals surface area contributed by atoms with Crippen molar-refractivity contribution in [3.05, 3.63) is 0 Å². The minimum Gasteiger partial charge on any atom is -0.315 e. The summed E-state index contributed by atoms with van der Waals surface area (Å²) >= 11 is 0. The Balaban J connectivity index is 1.53. The van der Waals surface area contributed by atoms with E-state index in [0.29, 0.717) is 0 Å². The molecule has 0 amide bonds. The first-order chi connectivity index (χ1) is 7.43. The van der Waals surface area contributed by atoms with E-state index in [1.54, 1.807) is 0 Å². The van der Waals surface area contributed by atoms with Gasteiger partial charge in [-0.3, -0.25) is 9.80 Å². The molecule has 0 spiro atoms. The molecule has 3 heterocycles. The Morgan fingerprint density at radius 3 is 2.47 bits per heavy atom. The fourth-order valence-corrected chi connectivity index (χ4v) is 3.46. The highest BCUT2D eigenvalue weighted by molar-refractivity contribution is 4.91. The summed E-state index contributed by atoms with van der Waals surface area (Å²) in [5.74, 6) is 0. The molecule has 3 saturated heterocycles. The monoisotopic (exact) mass is 209 g/mol. The summed E-state index contributed by atoms with van der Waals surface area (Å²) in [6, 6.07) is 1.73. The lowest BCUT2D eigenvalue weighted by atomic mass is 10.2. The first-order valence-corrected chi connectivity index (χ1v) is 6.62. The fourth-order valence-electron chi connectivity index (χ4n) is 3.46. The normalized spacial score (nSPS) is 39.2. The molecule has 0 aromatic carbocycles. The molecule has 2 atom stereocenters. The van der Waals surface area contributed by atoms with Crippen LogP contribution in [0.5, 0.6) is 0 Å². The summed E-state index contributed by atoms with van der Waals surface area (Å²) in [6.07, 6.45) is 5.65. The van der Waals surface area contributed by atoms with Gasteiger partial charge in [-0.05, 0) is 45.3 Å². The van der Waals surface area contributed by atoms with Crippen LogP contribution in [0, 0.1) is 0 Å². The molecule has 0 aromatic heterocycles. The standard InChI is InChI=1S/C12H23N3/c1-2-7-14(6-1)12-4-8-15(10-12)11-3-5-13-9-11/h11-13H,1-10H2. The van der Waals surface area contributed by atoms with Crippen molar-refractivity contribution < 1.29 is 0 Å². The number of likely N-dealkylation sites (tertiary alicyclic amines) is 2. The van der Waals surface area contributed by atoms with E-state index in [-0.39, 0.29) is 0 Å². The minimum atomic E-state index is 0.845. The predicted octanol–water partition coefficient (Wildman–Crippen LogP) is 0.518. The van der Waals surface area contributed by atoms with E-state index in [1.165, 1.54) is 65.0 Å². The zero-order valence-corrected chi connectivity index (χ0v) is 9.62. The predicted molar refractivity (Wildman–Crippen MR) is 62.1 cm³/mol. The lowest BCUT2D eigenvalue weighted by Crippen LogP contribution is -2.39. The van der Waals surface area contributed by atoms with Crippen molar-refractivity contribution in [2.75, 3.05) is 39.3 Å². The summed E-state index contributed by atoms with van der Waals surface area (Å²) in [5.41, 5.74) is 0. The van der Waals surface area contributed by atoms with E-state index < -0.39 is 0 Å². The molecule has 3 aliphatic heterocycles. The second-order valence-corrected chi connectivity index (χ2v) is 5.33. The van der Waals surface area contributed by atoms with Crippen LogP contribution < -0.4 is 5.32 Å². The van der Waals surface area contributed by atoms with Crippen LogP contribution >= 0.6 is 0 Å². The maximum atomic E-state index is 3.48. The highest BCUT2D eigenvalue weighted by Crippen LogP contribution is 2.23. The highest BCUT2D eigenvalue weighted by atomic mass is 15.3. The molecule has 0 radical (unpaired) electrons. The Morgan fingerprint density at radius 2 is 1.73 bits per heavy atom. The molecule has 3 rings (SSSR count). The van der Waals surface area contributed by atoms with Crippen LogP contribution in [-0.2, 0) is 0 Å². The van der Waals surface area contributed by atoms with Gasteiger partial charge in [-0.2, -0.15) is 0 Å². The molecule has 3 fully saturated rings. The van der Waals surface area contributed by atoms with Crippen LogP contribution in [-0.4, -0.2) is 61.2 Å². The van der Waals surface area contributed by atoms with E-state index in [0.717, 1.165) is 12.1 Å². The molecule has 86 valence electrons. The van der Waals surface area contributed by atoms with Crippen LogP contribution in [0.2, 0.25) is 0 Å². The van der Waals surface area contributed by atoms with Crippen molar-refractivity contribution >= 4 is 0 Å². The van der Waals surface area contributed by atoms with Gasteiger partial charge in [-0.1, -0.05) is 0 Å². The second-order valence-electron chi connectivity index (χ2n) is 5.33. The molecular formula is C12H23N3. The van der Waals surface area contributed by atoms with Gasteiger partial charge in [0.15, 0.2) is 0 Å². The number of rotatable bonds is 2. The molecule has 0 aromatic rings. The zero-order valence-electron chi connectivity index (χ0n) is 9.62. The van der Waals surface area contributed by atoms with Crippen molar-refractivity contribution in [3.8, 4) is 0 Å². The molecule has 2 unspecified atom stereocenters. The van der Waals surface area contributed by atoms with E-state index in [4.69, 9.17) is 0 Å². The molecular weight excluding hydrogens is 186 g/mol. The summed E-state index contributed by atoms with van der Waals surface area (Å²) in [6.45, 7) is 7.87.